The number of benzene rings is 3. The first-order valence-corrected chi connectivity index (χ1v) is 9.78. The van der Waals surface area contributed by atoms with Gasteiger partial charge in [-0.1, -0.05) is 48.5 Å². The summed E-state index contributed by atoms with van der Waals surface area (Å²) < 4.78 is 13.6. The average Bonchev–Trinajstić information content (AvgIpc) is 3.28. The van der Waals surface area contributed by atoms with E-state index < -0.39 is 17.6 Å². The summed E-state index contributed by atoms with van der Waals surface area (Å²) in [6, 6.07) is 20.4. The lowest BCUT2D eigenvalue weighted by atomic mass is 10.1. The van der Waals surface area contributed by atoms with Crippen molar-refractivity contribution < 1.29 is 14.0 Å². The molecule has 8 nitrogen and oxygen atoms in total. The van der Waals surface area contributed by atoms with Crippen LogP contribution >= 0.6 is 0 Å². The minimum atomic E-state index is -0.611. The van der Waals surface area contributed by atoms with E-state index in [4.69, 9.17) is 0 Å². The normalized spacial score (nSPS) is 10.6. The number of carbonyl (C=O) groups excluding carboxylic acids is 2. The fraction of sp³-hybridized carbons (Fsp3) is 0.0870. The van der Waals surface area contributed by atoms with Crippen LogP contribution in [0.3, 0.4) is 0 Å². The van der Waals surface area contributed by atoms with Gasteiger partial charge in [0.2, 0.25) is 5.82 Å². The molecule has 4 aromatic rings. The van der Waals surface area contributed by atoms with E-state index in [9.17, 15) is 14.0 Å². The first-order valence-electron chi connectivity index (χ1n) is 9.78. The van der Waals surface area contributed by atoms with Gasteiger partial charge in [0.05, 0.1) is 6.54 Å². The topological polar surface area (TPSA) is 102 Å². The zero-order valence-electron chi connectivity index (χ0n) is 17.1. The quantitative estimate of drug-likeness (QED) is 0.474. The van der Waals surface area contributed by atoms with E-state index in [0.717, 1.165) is 17.2 Å². The second kappa shape index (κ2) is 9.17. The van der Waals surface area contributed by atoms with Gasteiger partial charge in [0.15, 0.2) is 0 Å². The third-order valence-electron chi connectivity index (χ3n) is 4.75. The molecule has 0 spiro atoms. The molecule has 2 amide bonds. The molecule has 0 bridgehead atoms. The van der Waals surface area contributed by atoms with Crippen molar-refractivity contribution in [2.45, 2.75) is 13.5 Å². The van der Waals surface area contributed by atoms with Crippen molar-refractivity contribution in [1.29, 1.82) is 0 Å². The fourth-order valence-corrected chi connectivity index (χ4v) is 2.93. The summed E-state index contributed by atoms with van der Waals surface area (Å²) in [5.41, 5.74) is 7.24. The molecule has 0 aliphatic heterocycles. The summed E-state index contributed by atoms with van der Waals surface area (Å²) in [4.78, 5) is 25.9. The Morgan fingerprint density at radius 1 is 0.906 bits per heavy atom. The van der Waals surface area contributed by atoms with Crippen LogP contribution in [0.15, 0.2) is 72.8 Å². The number of nitrogens with zero attached hydrogens (tertiary/aromatic N) is 4. The molecular formula is C23H19FN6O2. The highest BCUT2D eigenvalue weighted by molar-refractivity contribution is 5.99. The Hall–Kier alpha value is -4.40. The minimum absolute atomic E-state index is 0.110. The Bertz CT molecular complexity index is 1260. The van der Waals surface area contributed by atoms with Crippen LogP contribution < -0.4 is 10.9 Å². The van der Waals surface area contributed by atoms with Crippen molar-refractivity contribution in [3.8, 4) is 11.4 Å². The third kappa shape index (κ3) is 4.84. The van der Waals surface area contributed by atoms with E-state index in [2.05, 4.69) is 26.3 Å². The molecule has 9 heteroatoms. The predicted octanol–water partition coefficient (Wildman–Crippen LogP) is 2.91. The van der Waals surface area contributed by atoms with Gasteiger partial charge in [-0.3, -0.25) is 20.4 Å². The molecule has 2 N–H and O–H groups in total. The first-order chi connectivity index (χ1) is 15.5. The predicted molar refractivity (Wildman–Crippen MR) is 115 cm³/mol. The fourth-order valence-electron chi connectivity index (χ4n) is 2.93. The minimum Gasteiger partial charge on any atom is -0.267 e. The Balaban J connectivity index is 1.34. The lowest BCUT2D eigenvalue weighted by Gasteiger charge is -2.08. The summed E-state index contributed by atoms with van der Waals surface area (Å²) in [5, 5.41) is 12.5. The highest BCUT2D eigenvalue weighted by Gasteiger charge is 2.11. The largest absolute Gasteiger partial charge is 0.269 e. The lowest BCUT2D eigenvalue weighted by molar-refractivity contribution is 0.0846. The number of halogens is 1. The zero-order chi connectivity index (χ0) is 22.5. The number of hydrogen-bond donors (Lipinski definition) is 2. The van der Waals surface area contributed by atoms with Gasteiger partial charge in [-0.15, -0.1) is 10.2 Å². The molecule has 3 aromatic carbocycles. The Labute approximate surface area is 183 Å². The molecule has 4 rings (SSSR count). The van der Waals surface area contributed by atoms with Crippen LogP contribution in [0.1, 0.15) is 31.8 Å². The summed E-state index contributed by atoms with van der Waals surface area (Å²) in [5.74, 6) is -1.06. The van der Waals surface area contributed by atoms with Gasteiger partial charge in [0, 0.05) is 16.7 Å². The molecular weight excluding hydrogens is 411 g/mol. The summed E-state index contributed by atoms with van der Waals surface area (Å²) >= 11 is 0. The molecule has 0 aliphatic carbocycles. The van der Waals surface area contributed by atoms with Gasteiger partial charge in [-0.25, -0.2) is 4.39 Å². The van der Waals surface area contributed by atoms with Crippen LogP contribution in [0.4, 0.5) is 4.39 Å². The molecule has 1 aromatic heterocycles. The first kappa shape index (κ1) is 20.9. The maximum absolute atomic E-state index is 13.6. The lowest BCUT2D eigenvalue weighted by Crippen LogP contribution is -2.41. The van der Waals surface area contributed by atoms with Gasteiger partial charge >= 0.3 is 0 Å². The molecule has 0 saturated carbocycles. The van der Waals surface area contributed by atoms with E-state index in [1.165, 1.54) is 16.9 Å². The number of nitrogens with one attached hydrogen (secondary N) is 2. The number of carbonyl (C=O) groups is 2. The van der Waals surface area contributed by atoms with E-state index >= 15 is 0 Å². The van der Waals surface area contributed by atoms with Crippen molar-refractivity contribution in [3.05, 3.63) is 101 Å². The van der Waals surface area contributed by atoms with Crippen LogP contribution in [0.5, 0.6) is 0 Å². The molecule has 1 heterocycles. The molecule has 160 valence electrons. The highest BCUT2D eigenvalue weighted by atomic mass is 19.1. The summed E-state index contributed by atoms with van der Waals surface area (Å²) in [7, 11) is 0. The van der Waals surface area contributed by atoms with Crippen LogP contribution in [-0.4, -0.2) is 32.0 Å². The van der Waals surface area contributed by atoms with Gasteiger partial charge in [0.25, 0.3) is 11.8 Å². The molecule has 0 aliphatic rings. The van der Waals surface area contributed by atoms with Crippen LogP contribution in [-0.2, 0) is 6.54 Å². The van der Waals surface area contributed by atoms with E-state index in [1.54, 1.807) is 31.2 Å². The van der Waals surface area contributed by atoms with Crippen molar-refractivity contribution in [3.63, 3.8) is 0 Å². The standard InChI is InChI=1S/C23H19FN6O2/c1-15-7-10-19(13-20(15)24)23(32)27-26-22(31)18-11-8-16(9-12-18)14-30-28-21(25-29-30)17-5-3-2-4-6-17/h2-13H,14H2,1H3,(H,26,31)(H,27,32). The average molecular weight is 430 g/mol. The second-order valence-electron chi connectivity index (χ2n) is 7.08. The van der Waals surface area contributed by atoms with Crippen molar-refractivity contribution >= 4 is 11.8 Å². The highest BCUT2D eigenvalue weighted by Crippen LogP contribution is 2.13. The maximum Gasteiger partial charge on any atom is 0.269 e. The maximum atomic E-state index is 13.6. The third-order valence-corrected chi connectivity index (χ3v) is 4.75. The van der Waals surface area contributed by atoms with Crippen molar-refractivity contribution in [2.75, 3.05) is 0 Å². The number of rotatable bonds is 5. The van der Waals surface area contributed by atoms with Crippen molar-refractivity contribution in [2.24, 2.45) is 0 Å². The SMILES string of the molecule is Cc1ccc(C(=O)NNC(=O)c2ccc(Cn3nnc(-c4ccccc4)n3)cc2)cc1F. The van der Waals surface area contributed by atoms with Crippen LogP contribution in [0.2, 0.25) is 0 Å². The number of hydrazine groups is 1. The van der Waals surface area contributed by atoms with Crippen LogP contribution in [0, 0.1) is 12.7 Å². The van der Waals surface area contributed by atoms with E-state index in [0.29, 0.717) is 23.5 Å². The molecule has 0 radical (unpaired) electrons. The summed E-state index contributed by atoms with van der Waals surface area (Å²) in [6.45, 7) is 1.99. The number of hydrogen-bond acceptors (Lipinski definition) is 5. The van der Waals surface area contributed by atoms with Gasteiger partial charge in [-0.2, -0.15) is 4.80 Å². The van der Waals surface area contributed by atoms with Crippen molar-refractivity contribution in [1.82, 2.24) is 31.1 Å². The molecule has 0 saturated heterocycles. The Morgan fingerprint density at radius 2 is 1.56 bits per heavy atom. The number of aromatic nitrogens is 4. The molecule has 0 atom stereocenters. The van der Waals surface area contributed by atoms with Gasteiger partial charge < -0.3 is 0 Å². The molecule has 0 fully saturated rings. The van der Waals surface area contributed by atoms with E-state index in [-0.39, 0.29) is 5.56 Å². The number of amides is 2. The van der Waals surface area contributed by atoms with Crippen LogP contribution in [0.25, 0.3) is 11.4 Å². The molecule has 0 unspecified atom stereocenters. The number of tetrazole rings is 1. The second-order valence-corrected chi connectivity index (χ2v) is 7.08. The number of aryl methyl sites for hydroxylation is 1. The molecule has 32 heavy (non-hydrogen) atoms. The summed E-state index contributed by atoms with van der Waals surface area (Å²) in [6.07, 6.45) is 0. The smallest absolute Gasteiger partial charge is 0.267 e. The Kier molecular flexibility index (Phi) is 5.98. The van der Waals surface area contributed by atoms with Gasteiger partial charge in [0.1, 0.15) is 5.82 Å². The van der Waals surface area contributed by atoms with E-state index in [1.807, 2.05) is 30.3 Å². The zero-order valence-corrected chi connectivity index (χ0v) is 17.1. The monoisotopic (exact) mass is 430 g/mol. The Morgan fingerprint density at radius 3 is 2.25 bits per heavy atom. The van der Waals surface area contributed by atoms with Gasteiger partial charge in [-0.05, 0) is 47.5 Å².